The lowest BCUT2D eigenvalue weighted by Gasteiger charge is -2.14. The number of aromatic amines is 1. The van der Waals surface area contributed by atoms with Crippen molar-refractivity contribution in [3.63, 3.8) is 0 Å². The maximum absolute atomic E-state index is 13.5. The van der Waals surface area contributed by atoms with Crippen molar-refractivity contribution in [3.05, 3.63) is 82.4 Å². The molecule has 0 spiro atoms. The summed E-state index contributed by atoms with van der Waals surface area (Å²) in [5, 5.41) is 10.1. The summed E-state index contributed by atoms with van der Waals surface area (Å²) < 4.78 is 18.9. The van der Waals surface area contributed by atoms with Gasteiger partial charge in [-0.15, -0.1) is 0 Å². The average Bonchev–Trinajstić information content (AvgIpc) is 3.10. The molecular formula is C19H17ClFN3O2. The number of carbonyl (C=O) groups excluding carboxylic acids is 1. The van der Waals surface area contributed by atoms with Crippen LogP contribution >= 0.6 is 11.6 Å². The second kappa shape index (κ2) is 8.01. The molecule has 0 radical (unpaired) electrons. The van der Waals surface area contributed by atoms with Crippen LogP contribution in [0.3, 0.4) is 0 Å². The third kappa shape index (κ3) is 4.21. The molecule has 7 heteroatoms. The molecule has 1 atom stereocenters. The molecule has 1 heterocycles. The van der Waals surface area contributed by atoms with Gasteiger partial charge in [0.15, 0.2) is 11.6 Å². The lowest BCUT2D eigenvalue weighted by Crippen LogP contribution is -2.27. The van der Waals surface area contributed by atoms with Crippen LogP contribution in [-0.4, -0.2) is 16.1 Å². The zero-order valence-corrected chi connectivity index (χ0v) is 14.8. The number of nitrogens with zero attached hydrogens (tertiary/aromatic N) is 1. The fraction of sp³-hybridized carbons (Fsp3) is 0.158. The quantitative estimate of drug-likeness (QED) is 0.678. The van der Waals surface area contributed by atoms with E-state index in [2.05, 4.69) is 15.5 Å². The van der Waals surface area contributed by atoms with Crippen LogP contribution in [-0.2, 0) is 6.61 Å². The summed E-state index contributed by atoms with van der Waals surface area (Å²) >= 11 is 6.14. The molecule has 1 unspecified atom stereocenters. The van der Waals surface area contributed by atoms with Crippen molar-refractivity contribution in [2.75, 3.05) is 0 Å². The Hall–Kier alpha value is -2.86. The highest BCUT2D eigenvalue weighted by Crippen LogP contribution is 2.22. The summed E-state index contributed by atoms with van der Waals surface area (Å²) in [5.41, 5.74) is 1.60. The van der Waals surface area contributed by atoms with Gasteiger partial charge in [-0.05, 0) is 36.8 Å². The average molecular weight is 374 g/mol. The number of hydrogen-bond acceptors (Lipinski definition) is 3. The van der Waals surface area contributed by atoms with E-state index >= 15 is 0 Å². The summed E-state index contributed by atoms with van der Waals surface area (Å²) in [6.07, 6.45) is 0. The first kappa shape index (κ1) is 17.9. The van der Waals surface area contributed by atoms with E-state index < -0.39 is 5.82 Å². The van der Waals surface area contributed by atoms with E-state index in [4.69, 9.17) is 16.3 Å². The second-order valence-corrected chi connectivity index (χ2v) is 6.12. The van der Waals surface area contributed by atoms with Gasteiger partial charge in [-0.1, -0.05) is 41.9 Å². The molecule has 1 amide bonds. The van der Waals surface area contributed by atoms with Crippen molar-refractivity contribution in [1.82, 2.24) is 15.5 Å². The number of halogens is 2. The van der Waals surface area contributed by atoms with Gasteiger partial charge in [-0.2, -0.15) is 5.10 Å². The zero-order valence-electron chi connectivity index (χ0n) is 14.0. The normalized spacial score (nSPS) is 11.8. The van der Waals surface area contributed by atoms with Gasteiger partial charge in [0.25, 0.3) is 5.91 Å². The van der Waals surface area contributed by atoms with Crippen LogP contribution < -0.4 is 10.1 Å². The van der Waals surface area contributed by atoms with E-state index in [1.807, 2.05) is 25.1 Å². The predicted octanol–water partition coefficient (Wildman–Crippen LogP) is 4.27. The van der Waals surface area contributed by atoms with Crippen LogP contribution in [0.5, 0.6) is 5.75 Å². The summed E-state index contributed by atoms with van der Waals surface area (Å²) in [4.78, 5) is 12.3. The van der Waals surface area contributed by atoms with Gasteiger partial charge in [0.2, 0.25) is 0 Å². The van der Waals surface area contributed by atoms with Crippen molar-refractivity contribution < 1.29 is 13.9 Å². The van der Waals surface area contributed by atoms with Gasteiger partial charge in [-0.25, -0.2) is 4.39 Å². The first-order chi connectivity index (χ1) is 12.5. The lowest BCUT2D eigenvalue weighted by atomic mass is 10.1. The maximum Gasteiger partial charge on any atom is 0.272 e. The molecular weight excluding hydrogens is 357 g/mol. The highest BCUT2D eigenvalue weighted by Gasteiger charge is 2.16. The molecule has 2 N–H and O–H groups in total. The lowest BCUT2D eigenvalue weighted by molar-refractivity contribution is 0.0935. The largest absolute Gasteiger partial charge is 0.484 e. The predicted molar refractivity (Wildman–Crippen MR) is 96.7 cm³/mol. The molecule has 0 saturated carbocycles. The standard InChI is InChI=1S/C19H17ClFN3O2/c1-12(14-6-2-3-7-15(14)20)22-19(25)17-10-13(23-24-17)11-26-18-9-5-4-8-16(18)21/h2-10,12H,11H2,1H3,(H,22,25)(H,23,24). The first-order valence-electron chi connectivity index (χ1n) is 8.01. The molecule has 3 aromatic rings. The highest BCUT2D eigenvalue weighted by atomic mass is 35.5. The van der Waals surface area contributed by atoms with E-state index in [-0.39, 0.29) is 30.0 Å². The second-order valence-electron chi connectivity index (χ2n) is 5.71. The van der Waals surface area contributed by atoms with Crippen molar-refractivity contribution in [3.8, 4) is 5.75 Å². The summed E-state index contributed by atoms with van der Waals surface area (Å²) in [6.45, 7) is 1.91. The molecule has 5 nitrogen and oxygen atoms in total. The monoisotopic (exact) mass is 373 g/mol. The zero-order chi connectivity index (χ0) is 18.5. The minimum absolute atomic E-state index is 0.0707. The Labute approximate surface area is 155 Å². The number of nitrogens with one attached hydrogen (secondary N) is 2. The van der Waals surface area contributed by atoms with Crippen molar-refractivity contribution >= 4 is 17.5 Å². The Bertz CT molecular complexity index is 913. The number of H-pyrrole nitrogens is 1. The molecule has 134 valence electrons. The Morgan fingerprint density at radius 3 is 2.77 bits per heavy atom. The number of amides is 1. The minimum Gasteiger partial charge on any atom is -0.484 e. The third-order valence-corrected chi connectivity index (χ3v) is 4.15. The molecule has 1 aromatic heterocycles. The Balaban J connectivity index is 1.61. The van der Waals surface area contributed by atoms with Crippen LogP contribution in [0.25, 0.3) is 0 Å². The fourth-order valence-corrected chi connectivity index (χ4v) is 2.74. The summed E-state index contributed by atoms with van der Waals surface area (Å²) in [5.74, 6) is -0.648. The van der Waals surface area contributed by atoms with E-state index in [0.717, 1.165) is 5.56 Å². The van der Waals surface area contributed by atoms with Crippen LogP contribution in [0.2, 0.25) is 5.02 Å². The molecule has 0 saturated heterocycles. The van der Waals surface area contributed by atoms with Gasteiger partial charge >= 0.3 is 0 Å². The molecule has 3 rings (SSSR count). The fourth-order valence-electron chi connectivity index (χ4n) is 2.44. The van der Waals surface area contributed by atoms with Crippen molar-refractivity contribution in [2.24, 2.45) is 0 Å². The number of carbonyl (C=O) groups is 1. The highest BCUT2D eigenvalue weighted by molar-refractivity contribution is 6.31. The maximum atomic E-state index is 13.5. The molecule has 26 heavy (non-hydrogen) atoms. The summed E-state index contributed by atoms with van der Waals surface area (Å²) in [7, 11) is 0. The van der Waals surface area contributed by atoms with Gasteiger partial charge < -0.3 is 10.1 Å². The van der Waals surface area contributed by atoms with Crippen LogP contribution in [0, 0.1) is 5.82 Å². The van der Waals surface area contributed by atoms with E-state index in [1.54, 1.807) is 24.3 Å². The topological polar surface area (TPSA) is 67.0 Å². The number of ether oxygens (including phenoxy) is 1. The number of para-hydroxylation sites is 1. The minimum atomic E-state index is -0.446. The first-order valence-corrected chi connectivity index (χ1v) is 8.39. The SMILES string of the molecule is CC(NC(=O)c1cc(COc2ccccc2F)[nH]n1)c1ccccc1Cl. The van der Waals surface area contributed by atoms with E-state index in [9.17, 15) is 9.18 Å². The van der Waals surface area contributed by atoms with Gasteiger partial charge in [0, 0.05) is 5.02 Å². The number of benzene rings is 2. The molecule has 0 aliphatic rings. The Morgan fingerprint density at radius 1 is 1.27 bits per heavy atom. The smallest absolute Gasteiger partial charge is 0.272 e. The molecule has 0 fully saturated rings. The van der Waals surface area contributed by atoms with Gasteiger partial charge in [0.05, 0.1) is 11.7 Å². The van der Waals surface area contributed by atoms with E-state index in [1.165, 1.54) is 12.1 Å². The number of rotatable bonds is 6. The molecule has 0 aliphatic heterocycles. The summed E-state index contributed by atoms with van der Waals surface area (Å²) in [6, 6.07) is 14.7. The third-order valence-electron chi connectivity index (χ3n) is 3.80. The van der Waals surface area contributed by atoms with Crippen molar-refractivity contribution in [1.29, 1.82) is 0 Å². The Kier molecular flexibility index (Phi) is 5.53. The van der Waals surface area contributed by atoms with Gasteiger partial charge in [-0.3, -0.25) is 9.89 Å². The van der Waals surface area contributed by atoms with Crippen molar-refractivity contribution in [2.45, 2.75) is 19.6 Å². The number of aromatic nitrogens is 2. The van der Waals surface area contributed by atoms with Crippen LogP contribution in [0.1, 0.15) is 34.7 Å². The molecule has 2 aromatic carbocycles. The Morgan fingerprint density at radius 2 is 2.00 bits per heavy atom. The molecule has 0 aliphatic carbocycles. The van der Waals surface area contributed by atoms with E-state index in [0.29, 0.717) is 10.7 Å². The van der Waals surface area contributed by atoms with Crippen LogP contribution in [0.4, 0.5) is 4.39 Å². The van der Waals surface area contributed by atoms with Crippen LogP contribution in [0.15, 0.2) is 54.6 Å². The number of hydrogen-bond donors (Lipinski definition) is 2. The van der Waals surface area contributed by atoms with Gasteiger partial charge in [0.1, 0.15) is 12.3 Å². The molecule has 0 bridgehead atoms.